The van der Waals surface area contributed by atoms with E-state index in [2.05, 4.69) is 19.8 Å². The van der Waals surface area contributed by atoms with Gasteiger partial charge in [-0.25, -0.2) is 9.37 Å². The number of benzene rings is 1. The molecule has 1 spiro atoms. The molecule has 2 aliphatic heterocycles. The third-order valence-corrected chi connectivity index (χ3v) is 9.58. The van der Waals surface area contributed by atoms with Gasteiger partial charge in [0.2, 0.25) is 0 Å². The summed E-state index contributed by atoms with van der Waals surface area (Å²) < 4.78 is 20.8. The van der Waals surface area contributed by atoms with E-state index in [0.717, 1.165) is 60.8 Å². The van der Waals surface area contributed by atoms with Crippen LogP contribution in [0.2, 0.25) is 0 Å². The van der Waals surface area contributed by atoms with Crippen LogP contribution in [0.15, 0.2) is 30.3 Å². The number of anilines is 4. The molecule has 1 amide bonds. The molecule has 10 heteroatoms. The van der Waals surface area contributed by atoms with Gasteiger partial charge in [0.25, 0.3) is 5.91 Å². The molecule has 39 heavy (non-hydrogen) atoms. The van der Waals surface area contributed by atoms with Crippen LogP contribution in [0.4, 0.5) is 27.4 Å². The molecule has 4 aliphatic rings. The summed E-state index contributed by atoms with van der Waals surface area (Å²) in [5, 5.41) is 12.2. The fraction of sp³-hybridized carbons (Fsp3) is 0.586. The topological polar surface area (TPSA) is 90.0 Å². The van der Waals surface area contributed by atoms with Crippen LogP contribution < -0.4 is 19.8 Å². The fourth-order valence-corrected chi connectivity index (χ4v) is 6.62. The second-order valence-electron chi connectivity index (χ2n) is 11.5. The number of hydrogen-bond acceptors (Lipinski definition) is 8. The predicted octanol–water partition coefficient (Wildman–Crippen LogP) is 4.71. The zero-order chi connectivity index (χ0) is 26.8. The summed E-state index contributed by atoms with van der Waals surface area (Å²) in [7, 11) is 0. The molecule has 4 fully saturated rings. The van der Waals surface area contributed by atoms with Crippen molar-refractivity contribution in [2.45, 2.75) is 38.5 Å². The zero-order valence-corrected chi connectivity index (χ0v) is 23.1. The molecule has 210 valence electrons. The number of fused-ring (bicyclic) bond motifs is 1. The lowest BCUT2D eigenvalue weighted by atomic mass is 9.93. The fourth-order valence-electron chi connectivity index (χ4n) is 6.13. The van der Waals surface area contributed by atoms with Crippen LogP contribution in [0.25, 0.3) is 0 Å². The number of carbonyl (C=O) groups is 1. The molecule has 8 nitrogen and oxygen atoms in total. The minimum absolute atomic E-state index is 0.106. The van der Waals surface area contributed by atoms with E-state index >= 15 is 0 Å². The van der Waals surface area contributed by atoms with Gasteiger partial charge in [-0.3, -0.25) is 4.79 Å². The number of pyridine rings is 1. The van der Waals surface area contributed by atoms with Crippen molar-refractivity contribution in [3.8, 4) is 0 Å². The molecule has 6 rings (SSSR count). The zero-order valence-electron chi connectivity index (χ0n) is 22.3. The van der Waals surface area contributed by atoms with E-state index in [1.165, 1.54) is 44.1 Å². The van der Waals surface area contributed by atoms with Crippen LogP contribution in [0.3, 0.4) is 0 Å². The molecule has 2 unspecified atom stereocenters. The average molecular weight is 556 g/mol. The van der Waals surface area contributed by atoms with Gasteiger partial charge in [0, 0.05) is 37.6 Å². The standard InChI is InChI=1S/C29H38FN5O3S/c30-19-38-13-5-20-1-4-26(31-27(20)35-17-21-15-22(21)18-35)32-28(37)24-3-2-23(33-39-14-12-36)16-25(24)34-10-8-29(6-7-29)9-11-34/h1-4,16,21-22,33,36H,5-15,17-19H2,(H,31,32,37). The molecule has 1 aromatic heterocycles. The number of amides is 1. The van der Waals surface area contributed by atoms with Gasteiger partial charge in [0.1, 0.15) is 11.6 Å². The van der Waals surface area contributed by atoms with E-state index in [4.69, 9.17) is 14.8 Å². The first-order valence-corrected chi connectivity index (χ1v) is 15.1. The van der Waals surface area contributed by atoms with Crippen molar-refractivity contribution in [3.05, 3.63) is 41.5 Å². The van der Waals surface area contributed by atoms with E-state index in [1.54, 1.807) is 0 Å². The van der Waals surface area contributed by atoms with Crippen LogP contribution in [0.5, 0.6) is 0 Å². The van der Waals surface area contributed by atoms with Crippen LogP contribution in [0, 0.1) is 17.3 Å². The maximum atomic E-state index is 13.7. The van der Waals surface area contributed by atoms with Crippen molar-refractivity contribution >= 4 is 40.9 Å². The number of aromatic nitrogens is 1. The maximum absolute atomic E-state index is 13.7. The van der Waals surface area contributed by atoms with Crippen molar-refractivity contribution in [2.75, 3.05) is 71.8 Å². The number of rotatable bonds is 12. The van der Waals surface area contributed by atoms with E-state index in [9.17, 15) is 9.18 Å². The Labute approximate surface area is 233 Å². The van der Waals surface area contributed by atoms with Gasteiger partial charge in [0.15, 0.2) is 6.86 Å². The molecule has 3 heterocycles. The minimum Gasteiger partial charge on any atom is -0.395 e. The summed E-state index contributed by atoms with van der Waals surface area (Å²) >= 11 is 1.45. The molecular formula is C29H38FN5O3S. The normalized spacial score (nSPS) is 22.6. The monoisotopic (exact) mass is 555 g/mol. The highest BCUT2D eigenvalue weighted by molar-refractivity contribution is 8.00. The molecular weight excluding hydrogens is 517 g/mol. The first-order valence-electron chi connectivity index (χ1n) is 14.1. The lowest BCUT2D eigenvalue weighted by Crippen LogP contribution is -2.35. The number of nitrogens with zero attached hydrogens (tertiary/aromatic N) is 3. The lowest BCUT2D eigenvalue weighted by Gasteiger charge is -2.35. The van der Waals surface area contributed by atoms with Gasteiger partial charge in [-0.05, 0) is 85.6 Å². The van der Waals surface area contributed by atoms with E-state index in [-0.39, 0.29) is 12.5 Å². The van der Waals surface area contributed by atoms with Crippen LogP contribution in [-0.4, -0.2) is 68.0 Å². The summed E-state index contributed by atoms with van der Waals surface area (Å²) in [5.74, 6) is 3.28. The molecule has 0 radical (unpaired) electrons. The van der Waals surface area contributed by atoms with Gasteiger partial charge in [-0.15, -0.1) is 0 Å². The Hall–Kier alpha value is -2.56. The first kappa shape index (κ1) is 26.7. The van der Waals surface area contributed by atoms with Crippen molar-refractivity contribution in [1.29, 1.82) is 0 Å². The molecule has 2 saturated carbocycles. The quantitative estimate of drug-likeness (QED) is 0.256. The highest BCUT2D eigenvalue weighted by Gasteiger charge is 2.46. The number of aliphatic hydroxyl groups excluding tert-OH is 1. The number of nitrogens with one attached hydrogen (secondary N) is 2. The van der Waals surface area contributed by atoms with Crippen LogP contribution in [-0.2, 0) is 11.2 Å². The summed E-state index contributed by atoms with van der Waals surface area (Å²) in [6.45, 7) is 3.47. The Balaban J connectivity index is 1.22. The van der Waals surface area contributed by atoms with Gasteiger partial charge in [-0.1, -0.05) is 18.0 Å². The summed E-state index contributed by atoms with van der Waals surface area (Å²) in [5.41, 5.74) is 4.03. The summed E-state index contributed by atoms with van der Waals surface area (Å²) in [6, 6.07) is 9.66. The minimum atomic E-state index is -0.792. The smallest absolute Gasteiger partial charge is 0.258 e. The van der Waals surface area contributed by atoms with Gasteiger partial charge >= 0.3 is 0 Å². The second-order valence-corrected chi connectivity index (χ2v) is 12.4. The number of halogens is 1. The summed E-state index contributed by atoms with van der Waals surface area (Å²) in [6.07, 6.45) is 6.86. The Morgan fingerprint density at radius 1 is 1.13 bits per heavy atom. The molecule has 2 aromatic rings. The Morgan fingerprint density at radius 3 is 2.64 bits per heavy atom. The number of ether oxygens (including phenoxy) is 1. The SMILES string of the molecule is O=C(Nc1ccc(CCOCF)c(N2CC3CC3C2)n1)c1ccc(NSCCO)cc1N1CCC2(CC1)CC2. The third kappa shape index (κ3) is 6.12. The number of hydrogen-bond donors (Lipinski definition) is 3. The van der Waals surface area contributed by atoms with Crippen molar-refractivity contribution in [3.63, 3.8) is 0 Å². The molecule has 1 aromatic carbocycles. The molecule has 2 aliphatic carbocycles. The van der Waals surface area contributed by atoms with Crippen molar-refractivity contribution in [2.24, 2.45) is 17.3 Å². The second kappa shape index (κ2) is 11.5. The molecule has 2 atom stereocenters. The molecule has 2 saturated heterocycles. The first-order chi connectivity index (χ1) is 19.1. The highest BCUT2D eigenvalue weighted by atomic mass is 32.2. The van der Waals surface area contributed by atoms with Crippen LogP contribution in [0.1, 0.15) is 48.0 Å². The largest absolute Gasteiger partial charge is 0.395 e. The third-order valence-electron chi connectivity index (χ3n) is 8.82. The maximum Gasteiger partial charge on any atom is 0.258 e. The Kier molecular flexibility index (Phi) is 7.86. The van der Waals surface area contributed by atoms with E-state index < -0.39 is 6.86 Å². The highest BCUT2D eigenvalue weighted by Crippen LogP contribution is 2.54. The number of piperidine rings is 2. The lowest BCUT2D eigenvalue weighted by molar-refractivity contribution is 0.0601. The van der Waals surface area contributed by atoms with E-state index in [0.29, 0.717) is 35.6 Å². The van der Waals surface area contributed by atoms with Gasteiger partial charge < -0.3 is 29.7 Å². The number of aliphatic hydroxyl groups is 1. The van der Waals surface area contributed by atoms with Crippen molar-refractivity contribution < 1.29 is 19.0 Å². The average Bonchev–Trinajstić information content (AvgIpc) is 3.86. The molecule has 0 bridgehead atoms. The Morgan fingerprint density at radius 2 is 1.92 bits per heavy atom. The van der Waals surface area contributed by atoms with E-state index in [1.807, 2.05) is 30.3 Å². The number of carbonyl (C=O) groups excluding carboxylic acids is 1. The number of alkyl halides is 1. The molecule has 3 N–H and O–H groups in total. The van der Waals surface area contributed by atoms with Crippen molar-refractivity contribution in [1.82, 2.24) is 4.98 Å². The predicted molar refractivity (Wildman–Crippen MR) is 154 cm³/mol. The summed E-state index contributed by atoms with van der Waals surface area (Å²) in [4.78, 5) is 23.2. The van der Waals surface area contributed by atoms with Gasteiger partial charge in [0.05, 0.1) is 24.5 Å². The Bertz CT molecular complexity index is 1180. The van der Waals surface area contributed by atoms with Crippen LogP contribution >= 0.6 is 11.9 Å². The van der Waals surface area contributed by atoms with Gasteiger partial charge in [-0.2, -0.15) is 0 Å².